The predicted molar refractivity (Wildman–Crippen MR) is 90.2 cm³/mol. The van der Waals surface area contributed by atoms with Crippen LogP contribution in [0.5, 0.6) is 0 Å². The van der Waals surface area contributed by atoms with Crippen LogP contribution in [0.1, 0.15) is 18.2 Å². The van der Waals surface area contributed by atoms with Crippen LogP contribution in [-0.2, 0) is 12.8 Å². The van der Waals surface area contributed by atoms with E-state index in [1.54, 1.807) is 11.8 Å². The predicted octanol–water partition coefficient (Wildman–Crippen LogP) is 4.07. The van der Waals surface area contributed by atoms with Crippen LogP contribution < -0.4 is 5.73 Å². The lowest BCUT2D eigenvalue weighted by Gasteiger charge is -2.11. The zero-order valence-corrected chi connectivity index (χ0v) is 14.0. The minimum Gasteiger partial charge on any atom is -0.327 e. The Kier molecular flexibility index (Phi) is 6.07. The van der Waals surface area contributed by atoms with Gasteiger partial charge in [-0.25, -0.2) is 0 Å². The zero-order valence-electron chi connectivity index (χ0n) is 11.6. The minimum absolute atomic E-state index is 0.118. The second kappa shape index (κ2) is 7.81. The smallest absolute Gasteiger partial charge is 0.0419 e. The molecule has 4 heteroatoms. The first-order valence-corrected chi connectivity index (χ1v) is 8.53. The summed E-state index contributed by atoms with van der Waals surface area (Å²) >= 11 is 5.34. The van der Waals surface area contributed by atoms with Gasteiger partial charge < -0.3 is 5.73 Å². The summed E-state index contributed by atoms with van der Waals surface area (Å²) in [5, 5.41) is 0. The van der Waals surface area contributed by atoms with Gasteiger partial charge >= 0.3 is 0 Å². The van der Waals surface area contributed by atoms with E-state index in [9.17, 15) is 0 Å². The summed E-state index contributed by atoms with van der Waals surface area (Å²) in [5.74, 6) is 0.889. The van der Waals surface area contributed by atoms with Gasteiger partial charge in [0.2, 0.25) is 0 Å². The molecule has 0 bridgehead atoms. The number of benzene rings is 1. The molecule has 2 rings (SSSR count). The van der Waals surface area contributed by atoms with Crippen LogP contribution in [0, 0.1) is 0 Å². The Balaban J connectivity index is 1.86. The molecule has 0 aliphatic carbocycles. The Morgan fingerprint density at radius 2 is 2.05 bits per heavy atom. The standard InChI is InChI=1S/C16H19BrN2S/c1-2-12-7-8-14(19-10-12)9-13(18)11-20-16-6-4-3-5-15(16)17/h3-8,10,13H,2,9,11,18H2,1H3. The topological polar surface area (TPSA) is 38.9 Å². The maximum atomic E-state index is 6.20. The molecule has 20 heavy (non-hydrogen) atoms. The average Bonchev–Trinajstić information content (AvgIpc) is 2.47. The fourth-order valence-corrected chi connectivity index (χ4v) is 3.39. The van der Waals surface area contributed by atoms with E-state index in [0.29, 0.717) is 0 Å². The molecular formula is C16H19BrN2S. The summed E-state index contributed by atoms with van der Waals surface area (Å²) in [5.41, 5.74) is 8.54. The van der Waals surface area contributed by atoms with Crippen LogP contribution in [0.3, 0.4) is 0 Å². The molecule has 0 aliphatic rings. The number of thioether (sulfide) groups is 1. The number of rotatable bonds is 6. The van der Waals surface area contributed by atoms with Gasteiger partial charge in [-0.15, -0.1) is 11.8 Å². The van der Waals surface area contributed by atoms with E-state index in [4.69, 9.17) is 5.73 Å². The van der Waals surface area contributed by atoms with Crippen LogP contribution >= 0.6 is 27.7 Å². The molecule has 0 amide bonds. The summed E-state index contributed by atoms with van der Waals surface area (Å²) in [6.07, 6.45) is 3.79. The summed E-state index contributed by atoms with van der Waals surface area (Å²) in [6.45, 7) is 2.14. The number of nitrogens with zero attached hydrogens (tertiary/aromatic N) is 1. The minimum atomic E-state index is 0.118. The van der Waals surface area contributed by atoms with Gasteiger partial charge in [0.1, 0.15) is 0 Å². The van der Waals surface area contributed by atoms with Gasteiger partial charge in [-0.05, 0) is 46.1 Å². The molecule has 0 radical (unpaired) electrons. The van der Waals surface area contributed by atoms with Crippen LogP contribution in [0.25, 0.3) is 0 Å². The molecule has 1 aromatic carbocycles. The second-order valence-electron chi connectivity index (χ2n) is 4.72. The Morgan fingerprint density at radius 3 is 2.70 bits per heavy atom. The number of hydrogen-bond donors (Lipinski definition) is 1. The molecule has 0 saturated heterocycles. The summed E-state index contributed by atoms with van der Waals surface area (Å²) in [6, 6.07) is 12.6. The van der Waals surface area contributed by atoms with Crippen LogP contribution in [-0.4, -0.2) is 16.8 Å². The maximum Gasteiger partial charge on any atom is 0.0419 e. The van der Waals surface area contributed by atoms with Crippen molar-refractivity contribution in [2.24, 2.45) is 5.73 Å². The molecule has 2 aromatic rings. The lowest BCUT2D eigenvalue weighted by atomic mass is 10.1. The second-order valence-corrected chi connectivity index (χ2v) is 6.63. The van der Waals surface area contributed by atoms with Crippen molar-refractivity contribution in [1.29, 1.82) is 0 Å². The summed E-state index contributed by atoms with van der Waals surface area (Å²) in [4.78, 5) is 5.70. The molecule has 0 fully saturated rings. The molecule has 0 aliphatic heterocycles. The quantitative estimate of drug-likeness (QED) is 0.798. The molecular weight excluding hydrogens is 332 g/mol. The van der Waals surface area contributed by atoms with Crippen molar-refractivity contribution < 1.29 is 0 Å². The highest BCUT2D eigenvalue weighted by Crippen LogP contribution is 2.27. The van der Waals surface area contributed by atoms with E-state index in [-0.39, 0.29) is 6.04 Å². The van der Waals surface area contributed by atoms with E-state index >= 15 is 0 Å². The van der Waals surface area contributed by atoms with Gasteiger partial charge in [0, 0.05) is 39.5 Å². The van der Waals surface area contributed by atoms with Crippen molar-refractivity contribution in [1.82, 2.24) is 4.98 Å². The highest BCUT2D eigenvalue weighted by Gasteiger charge is 2.07. The van der Waals surface area contributed by atoms with Crippen molar-refractivity contribution in [2.75, 3.05) is 5.75 Å². The fourth-order valence-electron chi connectivity index (χ4n) is 1.87. The third-order valence-corrected chi connectivity index (χ3v) is 5.27. The summed E-state index contributed by atoms with van der Waals surface area (Å²) < 4.78 is 1.13. The molecule has 0 saturated carbocycles. The molecule has 1 atom stereocenters. The van der Waals surface area contributed by atoms with Gasteiger partial charge in [0.05, 0.1) is 0 Å². The van der Waals surface area contributed by atoms with Crippen LogP contribution in [0.2, 0.25) is 0 Å². The molecule has 1 heterocycles. The number of aromatic nitrogens is 1. The lowest BCUT2D eigenvalue weighted by molar-refractivity contribution is 0.731. The van der Waals surface area contributed by atoms with E-state index in [1.165, 1.54) is 10.5 Å². The number of nitrogens with two attached hydrogens (primary N) is 1. The Hall–Kier alpha value is -0.840. The van der Waals surface area contributed by atoms with Gasteiger partial charge in [-0.3, -0.25) is 4.98 Å². The van der Waals surface area contributed by atoms with Crippen LogP contribution in [0.15, 0.2) is 52.0 Å². The average molecular weight is 351 g/mol. The molecule has 2 nitrogen and oxygen atoms in total. The van der Waals surface area contributed by atoms with Gasteiger partial charge in [-0.1, -0.05) is 25.1 Å². The Morgan fingerprint density at radius 1 is 1.25 bits per heavy atom. The zero-order chi connectivity index (χ0) is 14.4. The Bertz CT molecular complexity index is 542. The van der Waals surface area contributed by atoms with Crippen molar-refractivity contribution in [3.63, 3.8) is 0 Å². The van der Waals surface area contributed by atoms with Crippen molar-refractivity contribution in [2.45, 2.75) is 30.7 Å². The molecule has 1 unspecified atom stereocenters. The monoisotopic (exact) mass is 350 g/mol. The van der Waals surface area contributed by atoms with E-state index < -0.39 is 0 Å². The Labute approximate surface area is 133 Å². The number of aryl methyl sites for hydroxylation is 1. The lowest BCUT2D eigenvalue weighted by Crippen LogP contribution is -2.26. The first kappa shape index (κ1) is 15.5. The third kappa shape index (κ3) is 4.62. The number of halogens is 1. The van der Waals surface area contributed by atoms with Gasteiger partial charge in [0.15, 0.2) is 0 Å². The number of hydrogen-bond acceptors (Lipinski definition) is 3. The first-order valence-electron chi connectivity index (χ1n) is 6.75. The normalized spacial score (nSPS) is 12.3. The highest BCUT2D eigenvalue weighted by atomic mass is 79.9. The molecule has 2 N–H and O–H groups in total. The van der Waals surface area contributed by atoms with E-state index in [2.05, 4.69) is 52.1 Å². The van der Waals surface area contributed by atoms with Crippen molar-refractivity contribution in [3.8, 4) is 0 Å². The van der Waals surface area contributed by atoms with Gasteiger partial charge in [-0.2, -0.15) is 0 Å². The molecule has 1 aromatic heterocycles. The van der Waals surface area contributed by atoms with E-state index in [0.717, 1.165) is 28.8 Å². The number of pyridine rings is 1. The maximum absolute atomic E-state index is 6.20. The first-order chi connectivity index (χ1) is 9.69. The molecule has 0 spiro atoms. The largest absolute Gasteiger partial charge is 0.327 e. The highest BCUT2D eigenvalue weighted by molar-refractivity contribution is 9.10. The third-order valence-electron chi connectivity index (χ3n) is 3.06. The van der Waals surface area contributed by atoms with Gasteiger partial charge in [0.25, 0.3) is 0 Å². The summed E-state index contributed by atoms with van der Waals surface area (Å²) in [7, 11) is 0. The van der Waals surface area contributed by atoms with Crippen molar-refractivity contribution in [3.05, 3.63) is 58.3 Å². The van der Waals surface area contributed by atoms with E-state index in [1.807, 2.05) is 18.3 Å². The SMILES string of the molecule is CCc1ccc(CC(N)CSc2ccccc2Br)nc1. The fraction of sp³-hybridized carbons (Fsp3) is 0.312. The molecule has 106 valence electrons. The van der Waals surface area contributed by atoms with Crippen molar-refractivity contribution >= 4 is 27.7 Å². The van der Waals surface area contributed by atoms with Crippen LogP contribution in [0.4, 0.5) is 0 Å².